The maximum atomic E-state index is 12.9. The first-order valence-corrected chi connectivity index (χ1v) is 5.92. The van der Waals surface area contributed by atoms with Crippen molar-refractivity contribution in [2.24, 2.45) is 0 Å². The number of thioether (sulfide) groups is 1. The Labute approximate surface area is 93.1 Å². The van der Waals surface area contributed by atoms with Crippen LogP contribution in [-0.2, 0) is 0 Å². The van der Waals surface area contributed by atoms with E-state index in [0.29, 0.717) is 5.82 Å². The summed E-state index contributed by atoms with van der Waals surface area (Å²) in [6, 6.07) is 1.39. The van der Waals surface area contributed by atoms with Gasteiger partial charge in [-0.25, -0.2) is 9.97 Å². The molecule has 0 amide bonds. The molecule has 0 atom stereocenters. The summed E-state index contributed by atoms with van der Waals surface area (Å²) >= 11 is 1.94. The van der Waals surface area contributed by atoms with Crippen molar-refractivity contribution in [1.82, 2.24) is 9.97 Å². The second-order valence-corrected chi connectivity index (χ2v) is 6.03. The maximum Gasteiger partial charge on any atom is 0.218 e. The predicted molar refractivity (Wildman–Crippen MR) is 60.7 cm³/mol. The highest BCUT2D eigenvalue weighted by Crippen LogP contribution is 2.31. The van der Waals surface area contributed by atoms with Crippen LogP contribution in [0.5, 0.6) is 0 Å². The number of rotatable bonds is 1. The van der Waals surface area contributed by atoms with Gasteiger partial charge in [0.15, 0.2) is 0 Å². The quantitative estimate of drug-likeness (QED) is 0.686. The van der Waals surface area contributed by atoms with Crippen molar-refractivity contribution in [2.75, 3.05) is 23.7 Å². The zero-order chi connectivity index (χ0) is 10.9. The lowest BCUT2D eigenvalue weighted by Crippen LogP contribution is -2.43. The molecule has 2 heterocycles. The third-order valence-electron chi connectivity index (χ3n) is 2.37. The van der Waals surface area contributed by atoms with Crippen LogP contribution in [0.15, 0.2) is 12.4 Å². The number of halogens is 1. The minimum Gasteiger partial charge on any atom is -0.354 e. The first-order chi connectivity index (χ1) is 7.07. The van der Waals surface area contributed by atoms with Gasteiger partial charge in [-0.3, -0.25) is 0 Å². The molecule has 1 aliphatic rings. The molecule has 1 aromatic rings. The molecule has 82 valence electrons. The Balaban J connectivity index is 2.17. The van der Waals surface area contributed by atoms with E-state index < -0.39 is 5.95 Å². The van der Waals surface area contributed by atoms with Crippen molar-refractivity contribution in [3.8, 4) is 0 Å². The molecule has 0 unspecified atom stereocenters. The highest BCUT2D eigenvalue weighted by molar-refractivity contribution is 8.00. The van der Waals surface area contributed by atoms with Crippen molar-refractivity contribution >= 4 is 17.6 Å². The lowest BCUT2D eigenvalue weighted by Gasteiger charge is -2.38. The van der Waals surface area contributed by atoms with E-state index in [-0.39, 0.29) is 4.75 Å². The molecule has 3 nitrogen and oxygen atoms in total. The minimum absolute atomic E-state index is 0.208. The molecule has 0 radical (unpaired) electrons. The zero-order valence-corrected chi connectivity index (χ0v) is 9.72. The van der Waals surface area contributed by atoms with Crippen LogP contribution in [0.1, 0.15) is 13.8 Å². The van der Waals surface area contributed by atoms with E-state index in [9.17, 15) is 4.39 Å². The van der Waals surface area contributed by atoms with Gasteiger partial charge in [-0.2, -0.15) is 16.2 Å². The van der Waals surface area contributed by atoms with Gasteiger partial charge in [0.25, 0.3) is 0 Å². The van der Waals surface area contributed by atoms with Crippen LogP contribution in [0.2, 0.25) is 0 Å². The monoisotopic (exact) mass is 227 g/mol. The standard InChI is InChI=1S/C10H14FN3S/c1-10(2)6-14(3-4-15-10)9-5-8(11)12-7-13-9/h5,7H,3-4,6H2,1-2H3. The van der Waals surface area contributed by atoms with Crippen molar-refractivity contribution < 1.29 is 4.39 Å². The third kappa shape index (κ3) is 2.59. The van der Waals surface area contributed by atoms with E-state index in [4.69, 9.17) is 0 Å². The maximum absolute atomic E-state index is 12.9. The number of hydrogen-bond acceptors (Lipinski definition) is 4. The summed E-state index contributed by atoms with van der Waals surface area (Å²) in [5.74, 6) is 1.28. The molecule has 1 aliphatic heterocycles. The van der Waals surface area contributed by atoms with Crippen LogP contribution in [0.3, 0.4) is 0 Å². The molecule has 1 fully saturated rings. The molecular weight excluding hydrogens is 213 g/mol. The highest BCUT2D eigenvalue weighted by atomic mass is 32.2. The summed E-state index contributed by atoms with van der Waals surface area (Å²) in [7, 11) is 0. The molecule has 0 saturated carbocycles. The normalized spacial score (nSPS) is 20.3. The average Bonchev–Trinajstić information content (AvgIpc) is 2.16. The summed E-state index contributed by atoms with van der Waals surface area (Å²) in [6.07, 6.45) is 1.28. The van der Waals surface area contributed by atoms with Gasteiger partial charge in [0.05, 0.1) is 0 Å². The third-order valence-corrected chi connectivity index (χ3v) is 3.67. The predicted octanol–water partition coefficient (Wildman–Crippen LogP) is 1.95. The largest absolute Gasteiger partial charge is 0.354 e. The van der Waals surface area contributed by atoms with Gasteiger partial charge in [0.1, 0.15) is 12.1 Å². The van der Waals surface area contributed by atoms with Gasteiger partial charge in [0.2, 0.25) is 5.95 Å². The molecule has 1 saturated heterocycles. The number of hydrogen-bond donors (Lipinski definition) is 0. The Morgan fingerprint density at radius 3 is 2.93 bits per heavy atom. The van der Waals surface area contributed by atoms with Crippen molar-refractivity contribution in [1.29, 1.82) is 0 Å². The fourth-order valence-electron chi connectivity index (χ4n) is 1.71. The van der Waals surface area contributed by atoms with Crippen LogP contribution in [-0.4, -0.2) is 33.6 Å². The fourth-order valence-corrected chi connectivity index (χ4v) is 2.82. The van der Waals surface area contributed by atoms with E-state index in [1.807, 2.05) is 11.8 Å². The van der Waals surface area contributed by atoms with Gasteiger partial charge in [-0.1, -0.05) is 0 Å². The van der Waals surface area contributed by atoms with Crippen LogP contribution in [0.25, 0.3) is 0 Å². The Morgan fingerprint density at radius 2 is 2.27 bits per heavy atom. The second kappa shape index (κ2) is 3.96. The molecule has 15 heavy (non-hydrogen) atoms. The number of nitrogens with zero attached hydrogens (tertiary/aromatic N) is 3. The summed E-state index contributed by atoms with van der Waals surface area (Å²) in [5.41, 5.74) is 0. The van der Waals surface area contributed by atoms with E-state index in [2.05, 4.69) is 28.7 Å². The number of anilines is 1. The van der Waals surface area contributed by atoms with Crippen LogP contribution < -0.4 is 4.90 Å². The second-order valence-electron chi connectivity index (χ2n) is 4.23. The SMILES string of the molecule is CC1(C)CN(c2cc(F)ncn2)CCS1. The van der Waals surface area contributed by atoms with E-state index in [0.717, 1.165) is 18.8 Å². The van der Waals surface area contributed by atoms with Crippen LogP contribution in [0.4, 0.5) is 10.2 Å². The summed E-state index contributed by atoms with van der Waals surface area (Å²) in [6.45, 7) is 6.21. The van der Waals surface area contributed by atoms with Gasteiger partial charge in [0, 0.05) is 29.7 Å². The van der Waals surface area contributed by atoms with E-state index in [1.165, 1.54) is 12.4 Å². The van der Waals surface area contributed by atoms with E-state index in [1.54, 1.807) is 0 Å². The zero-order valence-electron chi connectivity index (χ0n) is 8.90. The first-order valence-electron chi connectivity index (χ1n) is 4.93. The summed E-state index contributed by atoms with van der Waals surface area (Å²) < 4.78 is 13.1. The molecule has 0 bridgehead atoms. The Bertz CT molecular complexity index is 356. The Morgan fingerprint density at radius 1 is 1.47 bits per heavy atom. The molecule has 5 heteroatoms. The van der Waals surface area contributed by atoms with Gasteiger partial charge >= 0.3 is 0 Å². The van der Waals surface area contributed by atoms with Gasteiger partial charge < -0.3 is 4.90 Å². The van der Waals surface area contributed by atoms with E-state index >= 15 is 0 Å². The average molecular weight is 227 g/mol. The Hall–Kier alpha value is -0.840. The fraction of sp³-hybridized carbons (Fsp3) is 0.600. The lowest BCUT2D eigenvalue weighted by atomic mass is 10.2. The molecule has 2 rings (SSSR count). The lowest BCUT2D eigenvalue weighted by molar-refractivity contribution is 0.574. The molecular formula is C10H14FN3S. The Kier molecular flexibility index (Phi) is 2.82. The van der Waals surface area contributed by atoms with Crippen molar-refractivity contribution in [3.63, 3.8) is 0 Å². The van der Waals surface area contributed by atoms with Crippen LogP contribution >= 0.6 is 11.8 Å². The van der Waals surface area contributed by atoms with Crippen LogP contribution in [0, 0.1) is 5.95 Å². The smallest absolute Gasteiger partial charge is 0.218 e. The van der Waals surface area contributed by atoms with Crippen molar-refractivity contribution in [2.45, 2.75) is 18.6 Å². The molecule has 0 N–H and O–H groups in total. The summed E-state index contributed by atoms with van der Waals surface area (Å²) in [4.78, 5) is 9.67. The molecule has 1 aromatic heterocycles. The topological polar surface area (TPSA) is 29.0 Å². The minimum atomic E-state index is -0.462. The molecule has 0 spiro atoms. The van der Waals surface area contributed by atoms with Gasteiger partial charge in [-0.15, -0.1) is 0 Å². The van der Waals surface area contributed by atoms with Gasteiger partial charge in [-0.05, 0) is 13.8 Å². The molecule has 0 aromatic carbocycles. The highest BCUT2D eigenvalue weighted by Gasteiger charge is 2.27. The summed E-state index contributed by atoms with van der Waals surface area (Å²) in [5, 5.41) is 0. The first kappa shape index (κ1) is 10.7. The molecule has 0 aliphatic carbocycles. The number of aromatic nitrogens is 2. The van der Waals surface area contributed by atoms with Crippen molar-refractivity contribution in [3.05, 3.63) is 18.3 Å².